The average Bonchev–Trinajstić information content (AvgIpc) is 3.93. The summed E-state index contributed by atoms with van der Waals surface area (Å²) in [5, 5.41) is 17.8. The van der Waals surface area contributed by atoms with E-state index in [1.54, 1.807) is 36.0 Å². The van der Waals surface area contributed by atoms with Crippen LogP contribution in [-0.4, -0.2) is 61.1 Å². The van der Waals surface area contributed by atoms with Crippen LogP contribution in [0.15, 0.2) is 89.0 Å². The second kappa shape index (κ2) is 17.8. The number of nitrogens with one attached hydrogen (secondary N) is 2. The number of amides is 1. The van der Waals surface area contributed by atoms with Crippen LogP contribution in [0.2, 0.25) is 0 Å². The molecule has 1 amide bonds. The Morgan fingerprint density at radius 1 is 0.778 bits per heavy atom. The van der Waals surface area contributed by atoms with Crippen LogP contribution in [-0.2, 0) is 32.6 Å². The van der Waals surface area contributed by atoms with Crippen LogP contribution < -0.4 is 10.6 Å². The molecular formula is C33H33ClF2N6O6S6. The first-order valence-corrected chi connectivity index (χ1v) is 21.8. The van der Waals surface area contributed by atoms with Crippen LogP contribution >= 0.6 is 57.8 Å². The number of nitrogens with zero attached hydrogens (tertiary/aromatic N) is 4. The van der Waals surface area contributed by atoms with Crippen molar-refractivity contribution >= 4 is 83.5 Å². The number of rotatable bonds is 11. The van der Waals surface area contributed by atoms with Crippen molar-refractivity contribution in [1.82, 2.24) is 30.6 Å². The molecule has 6 heterocycles. The molecule has 12 nitrogen and oxygen atoms in total. The van der Waals surface area contributed by atoms with Crippen molar-refractivity contribution in [2.24, 2.45) is 5.41 Å². The number of thiazole rings is 2. The Hall–Kier alpha value is -3.76. The zero-order valence-electron chi connectivity index (χ0n) is 28.8. The van der Waals surface area contributed by atoms with E-state index in [0.717, 1.165) is 50.2 Å². The smallest absolute Gasteiger partial charge is 0.404 e. The fourth-order valence-electron chi connectivity index (χ4n) is 4.93. The van der Waals surface area contributed by atoms with E-state index in [1.165, 1.54) is 43.0 Å². The van der Waals surface area contributed by atoms with E-state index in [0.29, 0.717) is 17.0 Å². The molecule has 1 atom stereocenters. The lowest BCUT2D eigenvalue weighted by Crippen LogP contribution is -2.44. The van der Waals surface area contributed by atoms with Crippen LogP contribution in [0.25, 0.3) is 22.3 Å². The highest BCUT2D eigenvalue weighted by molar-refractivity contribution is 7.95. The maximum absolute atomic E-state index is 14.4. The summed E-state index contributed by atoms with van der Waals surface area (Å²) in [6.45, 7) is 6.15. The molecule has 0 bridgehead atoms. The summed E-state index contributed by atoms with van der Waals surface area (Å²) in [5.41, 5.74) is 0.325. The van der Waals surface area contributed by atoms with E-state index in [1.807, 2.05) is 20.8 Å². The summed E-state index contributed by atoms with van der Waals surface area (Å²) >= 11 is 4.12. The Bertz CT molecular complexity index is 2420. The lowest BCUT2D eigenvalue weighted by molar-refractivity contribution is 0.174. The van der Waals surface area contributed by atoms with Crippen LogP contribution in [0.1, 0.15) is 30.5 Å². The van der Waals surface area contributed by atoms with Crippen molar-refractivity contribution in [1.29, 1.82) is 0 Å². The first kappa shape index (κ1) is 43.0. The van der Waals surface area contributed by atoms with Gasteiger partial charge in [0.05, 0.1) is 0 Å². The molecule has 0 saturated carbocycles. The molecule has 0 radical (unpaired) electrons. The zero-order valence-corrected chi connectivity index (χ0v) is 34.5. The number of hydrogen-bond donors (Lipinski definition) is 3. The van der Waals surface area contributed by atoms with Gasteiger partial charge in [-0.3, -0.25) is 0 Å². The number of aromatic nitrogens is 4. The molecule has 1 unspecified atom stereocenters. The molecule has 54 heavy (non-hydrogen) atoms. The Kier molecular flexibility index (Phi) is 14.2. The van der Waals surface area contributed by atoms with Gasteiger partial charge < -0.3 is 15.7 Å². The normalized spacial score (nSPS) is 12.3. The number of carbonyl (C=O) groups is 1. The third-order valence-corrected chi connectivity index (χ3v) is 16.7. The van der Waals surface area contributed by atoms with E-state index < -0.39 is 49.1 Å². The molecule has 21 heteroatoms. The molecule has 0 aliphatic rings. The lowest BCUT2D eigenvalue weighted by atomic mass is 9.84. The summed E-state index contributed by atoms with van der Waals surface area (Å²) in [4.78, 5) is 27.7. The van der Waals surface area contributed by atoms with Crippen LogP contribution in [0.3, 0.4) is 0 Å². The second-order valence-electron chi connectivity index (χ2n) is 12.2. The molecule has 0 aliphatic heterocycles. The van der Waals surface area contributed by atoms with Gasteiger partial charge in [-0.2, -0.15) is 8.78 Å². The van der Waals surface area contributed by atoms with Crippen LogP contribution in [0, 0.1) is 17.3 Å². The summed E-state index contributed by atoms with van der Waals surface area (Å²) in [7, 11) is -5.99. The standard InChI is InChI=1S/C19H20FN3O4S3.C14H12FN3O2S3.ClH/c1-19(2,3)14(23-17(24)25)10-11-9-13(12-5-4-6-21-15(12)20)16(29-11)30(26,27)18-22-7-8-28-18;1-16-8-9-7-11(10-3-2-4-17-12(10)15)13(22-9)23(19,20)14-18-5-6-21-14;/h4-9,14,23H,10H2,1-3H3,(H,24,25);2-7,16H,8H2,1H3;1H. The fraction of sp³-hybridized carbons (Fsp3) is 0.242. The van der Waals surface area contributed by atoms with Crippen LogP contribution in [0.5, 0.6) is 0 Å². The Labute approximate surface area is 332 Å². The van der Waals surface area contributed by atoms with Gasteiger partial charge in [-0.25, -0.2) is 41.6 Å². The number of pyridine rings is 2. The monoisotopic (exact) mass is 874 g/mol. The van der Waals surface area contributed by atoms with Gasteiger partial charge in [0.2, 0.25) is 40.2 Å². The zero-order chi connectivity index (χ0) is 38.6. The fourth-order valence-corrected chi connectivity index (χ4v) is 13.3. The number of carboxylic acid groups (broad SMARTS) is 1. The predicted octanol–water partition coefficient (Wildman–Crippen LogP) is 7.84. The first-order chi connectivity index (χ1) is 25.0. The summed E-state index contributed by atoms with van der Waals surface area (Å²) in [6, 6.07) is 8.89. The largest absolute Gasteiger partial charge is 0.465 e. The Morgan fingerprint density at radius 3 is 1.63 bits per heavy atom. The van der Waals surface area contributed by atoms with E-state index in [-0.39, 0.29) is 52.6 Å². The van der Waals surface area contributed by atoms with Gasteiger partial charge in [-0.1, -0.05) is 20.8 Å². The lowest BCUT2D eigenvalue weighted by Gasteiger charge is -2.30. The van der Waals surface area contributed by atoms with Gasteiger partial charge in [-0.15, -0.1) is 57.8 Å². The van der Waals surface area contributed by atoms with E-state index in [4.69, 9.17) is 0 Å². The molecule has 0 aromatic carbocycles. The number of hydrogen-bond acceptors (Lipinski definition) is 14. The minimum atomic E-state index is -3.97. The van der Waals surface area contributed by atoms with Gasteiger partial charge in [-0.05, 0) is 48.9 Å². The molecule has 0 aliphatic carbocycles. The minimum absolute atomic E-state index is 0. The molecule has 288 valence electrons. The van der Waals surface area contributed by atoms with Gasteiger partial charge in [0, 0.05) is 86.6 Å². The van der Waals surface area contributed by atoms with Crippen molar-refractivity contribution in [3.63, 3.8) is 0 Å². The van der Waals surface area contributed by atoms with Gasteiger partial charge in [0.1, 0.15) is 8.42 Å². The molecule has 0 saturated heterocycles. The highest BCUT2D eigenvalue weighted by atomic mass is 35.5. The predicted molar refractivity (Wildman–Crippen MR) is 208 cm³/mol. The van der Waals surface area contributed by atoms with Crippen molar-refractivity contribution in [2.45, 2.75) is 56.9 Å². The molecule has 0 spiro atoms. The highest BCUT2D eigenvalue weighted by Crippen LogP contribution is 2.41. The highest BCUT2D eigenvalue weighted by Gasteiger charge is 2.32. The van der Waals surface area contributed by atoms with Crippen LogP contribution in [0.4, 0.5) is 13.6 Å². The average molecular weight is 876 g/mol. The third kappa shape index (κ3) is 9.72. The number of halogens is 3. The Morgan fingerprint density at radius 2 is 1.24 bits per heavy atom. The molecule has 6 aromatic rings. The van der Waals surface area contributed by atoms with E-state index in [9.17, 15) is 35.5 Å². The summed E-state index contributed by atoms with van der Waals surface area (Å²) in [5.74, 6) is -1.48. The third-order valence-electron chi connectivity index (χ3n) is 7.46. The SMILES string of the molecule is CC(C)(C)C(Cc1cc(-c2cccnc2F)c(S(=O)(=O)c2nccs2)s1)NC(=O)O.CNCc1cc(-c2cccnc2F)c(S(=O)(=O)c2nccs2)s1.Cl. The van der Waals surface area contributed by atoms with Gasteiger partial charge in [0.25, 0.3) is 0 Å². The quantitative estimate of drug-likeness (QED) is 0.108. The number of thiophene rings is 2. The number of sulfone groups is 2. The molecule has 0 fully saturated rings. The maximum Gasteiger partial charge on any atom is 0.404 e. The van der Waals surface area contributed by atoms with E-state index in [2.05, 4.69) is 30.6 Å². The first-order valence-electron chi connectivity index (χ1n) is 15.4. The summed E-state index contributed by atoms with van der Waals surface area (Å²) < 4.78 is 80.4. The summed E-state index contributed by atoms with van der Waals surface area (Å²) in [6.07, 6.45) is 4.53. The van der Waals surface area contributed by atoms with Crippen molar-refractivity contribution in [3.8, 4) is 22.3 Å². The minimum Gasteiger partial charge on any atom is -0.465 e. The van der Waals surface area contributed by atoms with Gasteiger partial charge in [0.15, 0.2) is 0 Å². The van der Waals surface area contributed by atoms with Crippen molar-refractivity contribution in [3.05, 3.63) is 93.6 Å². The molecule has 6 aromatic heterocycles. The van der Waals surface area contributed by atoms with Gasteiger partial charge >= 0.3 is 6.09 Å². The maximum atomic E-state index is 14.4. The Balaban J connectivity index is 0.000000244. The topological polar surface area (TPSA) is 181 Å². The van der Waals surface area contributed by atoms with Crippen molar-refractivity contribution < 1.29 is 35.5 Å². The second-order valence-corrected chi connectivity index (χ2v) is 20.9. The molecule has 3 N–H and O–H groups in total. The molecule has 6 rings (SSSR count). The van der Waals surface area contributed by atoms with Crippen molar-refractivity contribution in [2.75, 3.05) is 7.05 Å². The van der Waals surface area contributed by atoms with E-state index >= 15 is 0 Å². The molecular weight excluding hydrogens is 842 g/mol.